The Kier molecular flexibility index (Phi) is 6.09. The molecule has 2 aromatic heterocycles. The fourth-order valence-electron chi connectivity index (χ4n) is 6.37. The highest BCUT2D eigenvalue weighted by molar-refractivity contribution is 6.28. The smallest absolute Gasteiger partial charge is 0.226 e. The van der Waals surface area contributed by atoms with Crippen molar-refractivity contribution in [1.82, 2.24) is 19.5 Å². The van der Waals surface area contributed by atoms with Gasteiger partial charge in [0.1, 0.15) is 18.3 Å². The third kappa shape index (κ3) is 4.29. The van der Waals surface area contributed by atoms with E-state index in [1.54, 1.807) is 6.33 Å². The average molecular weight is 548 g/mol. The summed E-state index contributed by atoms with van der Waals surface area (Å²) in [6.07, 6.45) is -0.239. The van der Waals surface area contributed by atoms with Crippen LogP contribution in [0.5, 0.6) is 0 Å². The molecule has 3 fully saturated rings. The van der Waals surface area contributed by atoms with Crippen LogP contribution in [0.2, 0.25) is 5.28 Å². The van der Waals surface area contributed by atoms with Crippen molar-refractivity contribution in [3.63, 3.8) is 0 Å². The highest BCUT2D eigenvalue weighted by Gasteiger charge is 2.56. The van der Waals surface area contributed by atoms with Crippen molar-refractivity contribution in [2.24, 2.45) is 0 Å². The van der Waals surface area contributed by atoms with Crippen LogP contribution in [0.1, 0.15) is 43.0 Å². The van der Waals surface area contributed by atoms with Gasteiger partial charge in [0, 0.05) is 24.9 Å². The quantitative estimate of drug-likeness (QED) is 0.370. The number of anilines is 1. The first kappa shape index (κ1) is 24.9. The molecule has 3 aliphatic rings. The zero-order valence-corrected chi connectivity index (χ0v) is 22.5. The third-order valence-corrected chi connectivity index (χ3v) is 8.20. The second kappa shape index (κ2) is 9.53. The Bertz CT molecular complexity index is 1440. The molecule has 39 heavy (non-hydrogen) atoms. The van der Waals surface area contributed by atoms with Gasteiger partial charge in [0.05, 0.1) is 12.9 Å². The van der Waals surface area contributed by atoms with Crippen LogP contribution >= 0.6 is 11.6 Å². The minimum Gasteiger partial charge on any atom is -0.394 e. The normalized spacial score (nSPS) is 29.8. The summed E-state index contributed by atoms with van der Waals surface area (Å²) in [6, 6.07) is 21.2. The third-order valence-electron chi connectivity index (χ3n) is 8.03. The maximum atomic E-state index is 9.94. The van der Waals surface area contributed by atoms with Crippen LogP contribution in [0.25, 0.3) is 11.2 Å². The molecule has 9 nitrogen and oxygen atoms in total. The Labute approximate surface area is 231 Å². The van der Waals surface area contributed by atoms with Crippen molar-refractivity contribution in [1.29, 1.82) is 0 Å². The van der Waals surface area contributed by atoms with E-state index in [0.29, 0.717) is 17.0 Å². The highest BCUT2D eigenvalue weighted by Crippen LogP contribution is 2.45. The predicted octanol–water partition coefficient (Wildman–Crippen LogP) is 4.28. The maximum absolute atomic E-state index is 9.94. The van der Waals surface area contributed by atoms with E-state index >= 15 is 0 Å². The number of imidazole rings is 1. The largest absolute Gasteiger partial charge is 0.394 e. The van der Waals surface area contributed by atoms with Crippen LogP contribution in [0.15, 0.2) is 67.0 Å². The number of hydrogen-bond donors (Lipinski definition) is 1. The monoisotopic (exact) mass is 547 g/mol. The first-order valence-electron chi connectivity index (χ1n) is 13.3. The zero-order valence-electron chi connectivity index (χ0n) is 21.7. The first-order chi connectivity index (χ1) is 18.9. The number of fused-ring (bicyclic) bond motifs is 2. The van der Waals surface area contributed by atoms with Gasteiger partial charge in [0.15, 0.2) is 29.0 Å². The van der Waals surface area contributed by atoms with E-state index in [1.807, 2.05) is 30.5 Å². The molecule has 0 spiro atoms. The summed E-state index contributed by atoms with van der Waals surface area (Å²) in [5, 5.41) is 10.1. The van der Waals surface area contributed by atoms with Gasteiger partial charge >= 0.3 is 0 Å². The van der Waals surface area contributed by atoms with Gasteiger partial charge in [-0.25, -0.2) is 4.98 Å². The molecule has 5 heterocycles. The summed E-state index contributed by atoms with van der Waals surface area (Å²) in [7, 11) is 0. The predicted molar refractivity (Wildman–Crippen MR) is 146 cm³/mol. The molecule has 7 rings (SSSR count). The van der Waals surface area contributed by atoms with Crippen LogP contribution in [-0.2, 0) is 14.2 Å². The molecular formula is C29H30ClN5O4. The van der Waals surface area contributed by atoms with E-state index in [0.717, 1.165) is 13.1 Å². The number of nitrogens with zero attached hydrogens (tertiary/aromatic N) is 5. The van der Waals surface area contributed by atoms with Crippen molar-refractivity contribution >= 4 is 28.6 Å². The summed E-state index contributed by atoms with van der Waals surface area (Å²) in [5.41, 5.74) is 3.78. The van der Waals surface area contributed by atoms with Gasteiger partial charge in [-0.2, -0.15) is 9.97 Å². The van der Waals surface area contributed by atoms with Gasteiger partial charge in [0.25, 0.3) is 0 Å². The molecule has 10 heteroatoms. The molecule has 0 bridgehead atoms. The molecule has 2 aromatic carbocycles. The fraction of sp³-hybridized carbons (Fsp3) is 0.414. The summed E-state index contributed by atoms with van der Waals surface area (Å²) >= 11 is 6.53. The number of aliphatic hydroxyl groups excluding tert-OH is 1. The molecule has 202 valence electrons. The van der Waals surface area contributed by atoms with Crippen LogP contribution in [0.3, 0.4) is 0 Å². The van der Waals surface area contributed by atoms with E-state index in [4.69, 9.17) is 30.8 Å². The van der Waals surface area contributed by atoms with Crippen LogP contribution in [0, 0.1) is 0 Å². The summed E-state index contributed by atoms with van der Waals surface area (Å²) < 4.78 is 20.2. The molecule has 3 saturated heterocycles. The minimum atomic E-state index is -0.784. The van der Waals surface area contributed by atoms with Crippen LogP contribution in [0.4, 0.5) is 5.82 Å². The van der Waals surface area contributed by atoms with Crippen molar-refractivity contribution in [3.8, 4) is 0 Å². The Morgan fingerprint density at radius 1 is 0.923 bits per heavy atom. The Balaban J connectivity index is 1.27. The Hall–Kier alpha value is -3.08. The lowest BCUT2D eigenvalue weighted by molar-refractivity contribution is -0.199. The summed E-state index contributed by atoms with van der Waals surface area (Å²) in [6.45, 7) is 5.07. The number of halogens is 1. The minimum absolute atomic E-state index is 0.135. The van der Waals surface area contributed by atoms with Gasteiger partial charge in [-0.15, -0.1) is 0 Å². The molecule has 1 N–H and O–H groups in total. The second-order valence-electron chi connectivity index (χ2n) is 10.9. The number of rotatable bonds is 5. The van der Waals surface area contributed by atoms with E-state index in [9.17, 15) is 5.11 Å². The standard InChI is InChI=1S/C29H30ClN5O4/c1-29(2)38-23-21(15-36)37-27(24(23)39-29)35-16-31-22-25(32-28(30)33-26(22)35)34-13-19(17-9-5-3-6-10-17)20(14-34)18-11-7-4-8-12-18/h3-12,16,19-21,23-24,27,36H,13-15H2,1-2H3/t19?,20?,21-,23+,24?,27-/m1/s1. The average Bonchev–Trinajstić information content (AvgIpc) is 3.70. The lowest BCUT2D eigenvalue weighted by Crippen LogP contribution is -2.31. The molecule has 6 atom stereocenters. The molecule has 0 radical (unpaired) electrons. The molecule has 0 saturated carbocycles. The van der Waals surface area contributed by atoms with E-state index < -0.39 is 30.3 Å². The maximum Gasteiger partial charge on any atom is 0.226 e. The van der Waals surface area contributed by atoms with Crippen molar-refractivity contribution in [2.75, 3.05) is 24.6 Å². The van der Waals surface area contributed by atoms with Gasteiger partial charge < -0.3 is 24.2 Å². The molecule has 3 aliphatic heterocycles. The Morgan fingerprint density at radius 3 is 2.15 bits per heavy atom. The molecule has 3 unspecified atom stereocenters. The van der Waals surface area contributed by atoms with Crippen molar-refractivity contribution in [3.05, 3.63) is 83.4 Å². The van der Waals surface area contributed by atoms with E-state index in [2.05, 4.69) is 63.4 Å². The van der Waals surface area contributed by atoms with Crippen LogP contribution < -0.4 is 4.90 Å². The molecule has 0 amide bonds. The van der Waals surface area contributed by atoms with Crippen molar-refractivity contribution in [2.45, 2.75) is 56.0 Å². The van der Waals surface area contributed by atoms with Crippen LogP contribution in [-0.4, -0.2) is 68.4 Å². The molecule has 0 aliphatic carbocycles. The molecule has 4 aromatic rings. The topological polar surface area (TPSA) is 94.8 Å². The second-order valence-corrected chi connectivity index (χ2v) is 11.2. The van der Waals surface area contributed by atoms with E-state index in [1.165, 1.54) is 11.1 Å². The van der Waals surface area contributed by atoms with E-state index in [-0.39, 0.29) is 23.7 Å². The lowest BCUT2D eigenvalue weighted by atomic mass is 9.84. The highest BCUT2D eigenvalue weighted by atomic mass is 35.5. The lowest BCUT2D eigenvalue weighted by Gasteiger charge is -2.24. The number of benzene rings is 2. The number of aromatic nitrogens is 4. The summed E-state index contributed by atoms with van der Waals surface area (Å²) in [4.78, 5) is 16.2. The first-order valence-corrected chi connectivity index (χ1v) is 13.7. The SMILES string of the molecule is CC1(C)OC2[C@@H](O1)[C@@H](CO)O[C@H]2n1cnc2c(N3CC(c4ccccc4)C(c4ccccc4)C3)nc(Cl)nc21. The Morgan fingerprint density at radius 2 is 1.54 bits per heavy atom. The number of hydrogen-bond acceptors (Lipinski definition) is 8. The number of ether oxygens (including phenoxy) is 3. The van der Waals surface area contributed by atoms with Crippen molar-refractivity contribution < 1.29 is 19.3 Å². The van der Waals surface area contributed by atoms with Gasteiger partial charge in [-0.05, 0) is 36.6 Å². The molecular weight excluding hydrogens is 518 g/mol. The number of aliphatic hydroxyl groups is 1. The van der Waals surface area contributed by atoms with Gasteiger partial charge in [-0.1, -0.05) is 60.7 Å². The fourth-order valence-corrected chi connectivity index (χ4v) is 6.53. The zero-order chi connectivity index (χ0) is 26.7. The van der Waals surface area contributed by atoms with Gasteiger partial charge in [-0.3, -0.25) is 4.57 Å². The summed E-state index contributed by atoms with van der Waals surface area (Å²) in [5.74, 6) is 0.457. The van der Waals surface area contributed by atoms with Gasteiger partial charge in [0.2, 0.25) is 5.28 Å².